The number of benzene rings is 2. The topological polar surface area (TPSA) is 113 Å². The summed E-state index contributed by atoms with van der Waals surface area (Å²) < 4.78 is 0. The Morgan fingerprint density at radius 1 is 1.05 bits per heavy atom. The predicted molar refractivity (Wildman–Crippen MR) is 145 cm³/mol. The second-order valence-corrected chi connectivity index (χ2v) is 11.3. The fourth-order valence-electron chi connectivity index (χ4n) is 5.86. The Morgan fingerprint density at radius 2 is 1.73 bits per heavy atom. The van der Waals surface area contributed by atoms with E-state index in [0.717, 1.165) is 44.3 Å². The van der Waals surface area contributed by atoms with Crippen LogP contribution in [0, 0.1) is 0 Å². The van der Waals surface area contributed by atoms with E-state index in [1.807, 2.05) is 36.4 Å². The Labute approximate surface area is 220 Å². The van der Waals surface area contributed by atoms with E-state index >= 15 is 0 Å². The minimum Gasteiger partial charge on any atom is -0.343 e. The monoisotopic (exact) mass is 504 g/mol. The van der Waals surface area contributed by atoms with Crippen LogP contribution in [-0.4, -0.2) is 42.4 Å². The highest BCUT2D eigenvalue weighted by Gasteiger charge is 2.44. The fraction of sp³-hybridized carbons (Fsp3) is 0.500. The van der Waals surface area contributed by atoms with E-state index < -0.39 is 23.4 Å². The van der Waals surface area contributed by atoms with Crippen molar-refractivity contribution in [3.05, 3.63) is 71.3 Å². The molecule has 1 unspecified atom stereocenters. The molecule has 2 atom stereocenters. The van der Waals surface area contributed by atoms with Gasteiger partial charge in [0.05, 0.1) is 5.54 Å². The van der Waals surface area contributed by atoms with Crippen LogP contribution >= 0.6 is 0 Å². The summed E-state index contributed by atoms with van der Waals surface area (Å²) in [7, 11) is 0. The molecule has 0 saturated carbocycles. The molecule has 1 fully saturated rings. The highest BCUT2D eigenvalue weighted by Crippen LogP contribution is 2.51. The summed E-state index contributed by atoms with van der Waals surface area (Å²) in [6.45, 7) is 5.16. The predicted octanol–water partition coefficient (Wildman–Crippen LogP) is 3.07. The van der Waals surface area contributed by atoms with Gasteiger partial charge in [-0.15, -0.1) is 0 Å². The first-order chi connectivity index (χ1) is 17.7. The molecular weight excluding hydrogens is 464 g/mol. The summed E-state index contributed by atoms with van der Waals surface area (Å²) in [4.78, 5) is 38.8. The Bertz CT molecular complexity index is 1100. The Hall–Kier alpha value is -3.03. The zero-order chi connectivity index (χ0) is 26.5. The highest BCUT2D eigenvalue weighted by molar-refractivity contribution is 6.00. The van der Waals surface area contributed by atoms with Crippen molar-refractivity contribution in [2.45, 2.75) is 81.7 Å². The third-order valence-corrected chi connectivity index (χ3v) is 7.87. The van der Waals surface area contributed by atoms with Gasteiger partial charge in [0.25, 0.3) is 0 Å². The summed E-state index contributed by atoms with van der Waals surface area (Å²) in [6.07, 6.45) is 5.18. The van der Waals surface area contributed by atoms with Gasteiger partial charge in [-0.3, -0.25) is 19.7 Å². The number of aryl methyl sites for hydroxylation is 1. The molecule has 0 radical (unpaired) electrons. The Balaban J connectivity index is 1.40. The molecule has 198 valence electrons. The van der Waals surface area contributed by atoms with Gasteiger partial charge < -0.3 is 16.4 Å². The maximum atomic E-state index is 13.2. The van der Waals surface area contributed by atoms with Crippen molar-refractivity contribution in [3.63, 3.8) is 0 Å². The molecule has 7 nitrogen and oxygen atoms in total. The van der Waals surface area contributed by atoms with Crippen LogP contribution in [0.5, 0.6) is 0 Å². The summed E-state index contributed by atoms with van der Waals surface area (Å²) >= 11 is 0. The van der Waals surface area contributed by atoms with Crippen LogP contribution in [0.1, 0.15) is 75.0 Å². The number of amides is 3. The minimum absolute atomic E-state index is 0.0798. The lowest BCUT2D eigenvalue weighted by Gasteiger charge is -2.35. The van der Waals surface area contributed by atoms with Gasteiger partial charge in [-0.1, -0.05) is 54.6 Å². The van der Waals surface area contributed by atoms with Crippen LogP contribution in [0.2, 0.25) is 0 Å². The second kappa shape index (κ2) is 11.6. The number of rotatable bonds is 9. The van der Waals surface area contributed by atoms with E-state index in [9.17, 15) is 14.4 Å². The quantitative estimate of drug-likeness (QED) is 0.419. The first-order valence-corrected chi connectivity index (χ1v) is 13.5. The van der Waals surface area contributed by atoms with Crippen molar-refractivity contribution in [2.75, 3.05) is 13.1 Å². The molecule has 1 aliphatic heterocycles. The van der Waals surface area contributed by atoms with Gasteiger partial charge in [-0.2, -0.15) is 0 Å². The summed E-state index contributed by atoms with van der Waals surface area (Å²) in [6, 6.07) is 17.6. The molecule has 3 amide bonds. The van der Waals surface area contributed by atoms with Crippen molar-refractivity contribution < 1.29 is 14.4 Å². The van der Waals surface area contributed by atoms with E-state index in [-0.39, 0.29) is 23.7 Å². The largest absolute Gasteiger partial charge is 0.343 e. The van der Waals surface area contributed by atoms with Gasteiger partial charge in [0.2, 0.25) is 17.7 Å². The Morgan fingerprint density at radius 3 is 2.43 bits per heavy atom. The third kappa shape index (κ3) is 6.65. The average molecular weight is 505 g/mol. The van der Waals surface area contributed by atoms with E-state index in [1.165, 1.54) is 11.1 Å². The molecule has 2 aliphatic rings. The SMILES string of the molecule is CC(C)(N)C(=O)N[C@H](CCCc1ccccc1)C(=O)NC(=O)CC1CC2(CCNCC2)c2ccccc21. The summed E-state index contributed by atoms with van der Waals surface area (Å²) in [5, 5.41) is 8.80. The number of piperidine rings is 1. The first kappa shape index (κ1) is 27.0. The fourth-order valence-corrected chi connectivity index (χ4v) is 5.86. The zero-order valence-corrected chi connectivity index (χ0v) is 22.0. The van der Waals surface area contributed by atoms with Crippen LogP contribution in [0.15, 0.2) is 54.6 Å². The van der Waals surface area contributed by atoms with Crippen LogP contribution in [0.25, 0.3) is 0 Å². The van der Waals surface area contributed by atoms with Gasteiger partial charge in [-0.05, 0) is 93.5 Å². The molecule has 2 aromatic rings. The van der Waals surface area contributed by atoms with Gasteiger partial charge in [0.15, 0.2) is 0 Å². The van der Waals surface area contributed by atoms with Gasteiger partial charge in [0, 0.05) is 6.42 Å². The number of carbonyl (C=O) groups is 3. The molecule has 5 N–H and O–H groups in total. The molecule has 7 heteroatoms. The molecular formula is C30H40N4O3. The lowest BCUT2D eigenvalue weighted by atomic mass is 9.73. The number of fused-ring (bicyclic) bond motifs is 2. The van der Waals surface area contributed by atoms with Gasteiger partial charge in [0.1, 0.15) is 6.04 Å². The van der Waals surface area contributed by atoms with Gasteiger partial charge in [-0.25, -0.2) is 0 Å². The maximum absolute atomic E-state index is 13.2. The van der Waals surface area contributed by atoms with E-state index in [4.69, 9.17) is 5.73 Å². The van der Waals surface area contributed by atoms with Crippen molar-refractivity contribution >= 4 is 17.7 Å². The number of nitrogens with two attached hydrogens (primary N) is 1. The second-order valence-electron chi connectivity index (χ2n) is 11.3. The normalized spacial score (nSPS) is 19.2. The van der Waals surface area contributed by atoms with E-state index in [1.54, 1.807) is 13.8 Å². The molecule has 4 rings (SSSR count). The van der Waals surface area contributed by atoms with Crippen molar-refractivity contribution in [1.29, 1.82) is 0 Å². The smallest absolute Gasteiger partial charge is 0.249 e. The highest BCUT2D eigenvalue weighted by atomic mass is 16.2. The summed E-state index contributed by atoms with van der Waals surface area (Å²) in [5.41, 5.74) is 8.68. The standard InChI is InChI=1S/C30H40N4O3/c1-29(2,31)28(37)33-25(14-8-11-21-9-4-3-5-10-21)27(36)34-26(35)19-22-20-30(15-17-32-18-16-30)24-13-7-6-12-23(22)24/h3-7,9-10,12-13,22,25,32H,8,11,14-20,31H2,1-2H3,(H,33,37)(H,34,35,36)/t22?,25-/m1/s1. The molecule has 0 aromatic heterocycles. The molecule has 2 aromatic carbocycles. The summed E-state index contributed by atoms with van der Waals surface area (Å²) in [5.74, 6) is -1.11. The van der Waals surface area contributed by atoms with E-state index in [2.05, 4.69) is 34.1 Å². The van der Waals surface area contributed by atoms with Crippen molar-refractivity contribution in [3.8, 4) is 0 Å². The lowest BCUT2D eigenvalue weighted by Crippen LogP contribution is -2.56. The molecule has 0 bridgehead atoms. The molecule has 37 heavy (non-hydrogen) atoms. The first-order valence-electron chi connectivity index (χ1n) is 13.5. The zero-order valence-electron chi connectivity index (χ0n) is 22.0. The van der Waals surface area contributed by atoms with Crippen molar-refractivity contribution in [2.24, 2.45) is 5.73 Å². The molecule has 1 aliphatic carbocycles. The number of imide groups is 1. The number of hydrogen-bond donors (Lipinski definition) is 4. The average Bonchev–Trinajstić information content (AvgIpc) is 3.16. The Kier molecular flexibility index (Phi) is 8.45. The van der Waals surface area contributed by atoms with Crippen molar-refractivity contribution in [1.82, 2.24) is 16.0 Å². The van der Waals surface area contributed by atoms with E-state index in [0.29, 0.717) is 12.8 Å². The number of carbonyl (C=O) groups excluding carboxylic acids is 3. The molecule has 1 heterocycles. The molecule has 1 spiro atoms. The molecule has 1 saturated heterocycles. The van der Waals surface area contributed by atoms with Crippen LogP contribution < -0.4 is 21.7 Å². The maximum Gasteiger partial charge on any atom is 0.249 e. The third-order valence-electron chi connectivity index (χ3n) is 7.87. The van der Waals surface area contributed by atoms with Crippen LogP contribution in [-0.2, 0) is 26.2 Å². The van der Waals surface area contributed by atoms with Gasteiger partial charge >= 0.3 is 0 Å². The van der Waals surface area contributed by atoms with Crippen LogP contribution in [0.4, 0.5) is 0 Å². The lowest BCUT2D eigenvalue weighted by molar-refractivity contribution is -0.135. The minimum atomic E-state index is -1.13. The van der Waals surface area contributed by atoms with Crippen LogP contribution in [0.3, 0.4) is 0 Å². The number of nitrogens with one attached hydrogen (secondary N) is 3. The number of hydrogen-bond acceptors (Lipinski definition) is 5.